The van der Waals surface area contributed by atoms with E-state index in [4.69, 9.17) is 0 Å². The van der Waals surface area contributed by atoms with Crippen LogP contribution in [0.2, 0.25) is 0 Å². The van der Waals surface area contributed by atoms with Crippen LogP contribution < -0.4 is 5.32 Å². The average Bonchev–Trinajstić information content (AvgIpc) is 2.85. The van der Waals surface area contributed by atoms with Gasteiger partial charge in [0.15, 0.2) is 4.34 Å². The fourth-order valence-electron chi connectivity index (χ4n) is 1.83. The molecule has 1 aromatic heterocycles. The largest absolute Gasteiger partial charge is 0.297 e. The summed E-state index contributed by atoms with van der Waals surface area (Å²) < 4.78 is 1.01. The SMILES string of the molecule is CCC(C#N)(CCCSc1nncs1)NC(C)C. The number of nitriles is 1. The van der Waals surface area contributed by atoms with Crippen molar-refractivity contribution in [3.05, 3.63) is 5.51 Å². The molecule has 0 radical (unpaired) electrons. The predicted octanol–water partition coefficient (Wildman–Crippen LogP) is 3.08. The van der Waals surface area contributed by atoms with Crippen LogP contribution in [0, 0.1) is 11.3 Å². The maximum atomic E-state index is 9.37. The van der Waals surface area contributed by atoms with Gasteiger partial charge in [-0.15, -0.1) is 10.2 Å². The maximum Gasteiger partial charge on any atom is 0.174 e. The quantitative estimate of drug-likeness (QED) is 0.587. The van der Waals surface area contributed by atoms with Gasteiger partial charge in [-0.2, -0.15) is 5.26 Å². The molecule has 0 bridgehead atoms. The molecule has 1 unspecified atom stereocenters. The third-order valence-electron chi connectivity index (χ3n) is 2.70. The highest BCUT2D eigenvalue weighted by Crippen LogP contribution is 2.23. The Balaban J connectivity index is 2.36. The second-order valence-electron chi connectivity index (χ2n) is 4.50. The zero-order valence-corrected chi connectivity index (χ0v) is 12.8. The van der Waals surface area contributed by atoms with E-state index in [1.807, 2.05) is 0 Å². The van der Waals surface area contributed by atoms with Crippen molar-refractivity contribution in [2.24, 2.45) is 0 Å². The summed E-state index contributed by atoms with van der Waals surface area (Å²) >= 11 is 3.28. The van der Waals surface area contributed by atoms with Crippen molar-refractivity contribution < 1.29 is 0 Å². The van der Waals surface area contributed by atoms with Crippen LogP contribution in [0.5, 0.6) is 0 Å². The second kappa shape index (κ2) is 7.72. The Morgan fingerprint density at radius 1 is 1.61 bits per heavy atom. The minimum absolute atomic E-state index is 0.334. The van der Waals surface area contributed by atoms with E-state index in [0.29, 0.717) is 6.04 Å². The second-order valence-corrected chi connectivity index (χ2v) is 6.68. The van der Waals surface area contributed by atoms with Crippen LogP contribution in [-0.4, -0.2) is 27.5 Å². The fourth-order valence-corrected chi connectivity index (χ4v) is 3.33. The summed E-state index contributed by atoms with van der Waals surface area (Å²) in [4.78, 5) is 0. The lowest BCUT2D eigenvalue weighted by Gasteiger charge is -2.28. The molecule has 0 fully saturated rings. The smallest absolute Gasteiger partial charge is 0.174 e. The topological polar surface area (TPSA) is 61.6 Å². The van der Waals surface area contributed by atoms with E-state index in [1.54, 1.807) is 28.6 Å². The predicted molar refractivity (Wildman–Crippen MR) is 76.8 cm³/mol. The van der Waals surface area contributed by atoms with Crippen LogP contribution in [-0.2, 0) is 0 Å². The standard InChI is InChI=1S/C12H20N4S2/c1-4-12(8-13,15-10(2)3)6-5-7-17-11-16-14-9-18-11/h9-10,15H,4-7H2,1-3H3. The monoisotopic (exact) mass is 284 g/mol. The maximum absolute atomic E-state index is 9.37. The number of aromatic nitrogens is 2. The van der Waals surface area contributed by atoms with Gasteiger partial charge >= 0.3 is 0 Å². The van der Waals surface area contributed by atoms with Crippen molar-refractivity contribution >= 4 is 23.1 Å². The van der Waals surface area contributed by atoms with Gasteiger partial charge in [0, 0.05) is 11.8 Å². The van der Waals surface area contributed by atoms with E-state index in [1.165, 1.54) is 0 Å². The summed E-state index contributed by atoms with van der Waals surface area (Å²) in [6, 6.07) is 2.78. The Morgan fingerprint density at radius 3 is 2.89 bits per heavy atom. The molecule has 1 rings (SSSR count). The normalized spacial score (nSPS) is 14.4. The van der Waals surface area contributed by atoms with Gasteiger partial charge in [-0.3, -0.25) is 5.32 Å². The Morgan fingerprint density at radius 2 is 2.39 bits per heavy atom. The first-order valence-corrected chi connectivity index (χ1v) is 8.06. The Hall–Kier alpha value is -0.640. The molecule has 0 spiro atoms. The Labute approximate surface area is 117 Å². The minimum Gasteiger partial charge on any atom is -0.297 e. The molecule has 1 aromatic rings. The van der Waals surface area contributed by atoms with E-state index in [0.717, 1.165) is 29.4 Å². The molecule has 0 saturated carbocycles. The molecule has 1 atom stereocenters. The molecule has 1 heterocycles. The molecule has 0 aromatic carbocycles. The van der Waals surface area contributed by atoms with E-state index < -0.39 is 0 Å². The lowest BCUT2D eigenvalue weighted by atomic mass is 9.91. The van der Waals surface area contributed by atoms with Crippen molar-refractivity contribution in [1.82, 2.24) is 15.5 Å². The van der Waals surface area contributed by atoms with Gasteiger partial charge in [0.25, 0.3) is 0 Å². The van der Waals surface area contributed by atoms with Gasteiger partial charge in [-0.05, 0) is 33.1 Å². The van der Waals surface area contributed by atoms with Gasteiger partial charge in [0.05, 0.1) is 6.07 Å². The van der Waals surface area contributed by atoms with Crippen molar-refractivity contribution in [3.63, 3.8) is 0 Å². The summed E-state index contributed by atoms with van der Waals surface area (Å²) in [7, 11) is 0. The number of nitrogens with one attached hydrogen (secondary N) is 1. The van der Waals surface area contributed by atoms with Gasteiger partial charge in [0.2, 0.25) is 0 Å². The molecule has 0 amide bonds. The number of thioether (sulfide) groups is 1. The first-order valence-electron chi connectivity index (χ1n) is 6.20. The van der Waals surface area contributed by atoms with Crippen LogP contribution in [0.25, 0.3) is 0 Å². The minimum atomic E-state index is -0.379. The molecule has 4 nitrogen and oxygen atoms in total. The third-order valence-corrected chi connectivity index (χ3v) is 4.64. The molecule has 0 saturated heterocycles. The van der Waals surface area contributed by atoms with Gasteiger partial charge < -0.3 is 0 Å². The average molecular weight is 284 g/mol. The number of hydrogen-bond acceptors (Lipinski definition) is 6. The first kappa shape index (κ1) is 15.4. The molecule has 0 aliphatic rings. The summed E-state index contributed by atoms with van der Waals surface area (Å²) in [6.07, 6.45) is 2.72. The Bertz CT molecular complexity index is 372. The molecule has 100 valence electrons. The van der Waals surface area contributed by atoms with Crippen LogP contribution in [0.1, 0.15) is 40.0 Å². The molecule has 6 heteroatoms. The van der Waals surface area contributed by atoms with Gasteiger partial charge in [-0.1, -0.05) is 30.0 Å². The lowest BCUT2D eigenvalue weighted by Crippen LogP contribution is -2.47. The van der Waals surface area contributed by atoms with Crippen molar-refractivity contribution in [1.29, 1.82) is 5.26 Å². The van der Waals surface area contributed by atoms with Crippen LogP contribution in [0.15, 0.2) is 9.85 Å². The van der Waals surface area contributed by atoms with E-state index in [-0.39, 0.29) is 5.54 Å². The van der Waals surface area contributed by atoms with Crippen LogP contribution in [0.3, 0.4) is 0 Å². The molecule has 18 heavy (non-hydrogen) atoms. The number of rotatable bonds is 8. The van der Waals surface area contributed by atoms with Crippen LogP contribution >= 0.6 is 23.1 Å². The van der Waals surface area contributed by atoms with Crippen molar-refractivity contribution in [2.75, 3.05) is 5.75 Å². The highest BCUT2D eigenvalue weighted by molar-refractivity contribution is 8.00. The molecular weight excluding hydrogens is 264 g/mol. The van der Waals surface area contributed by atoms with E-state index in [9.17, 15) is 5.26 Å². The van der Waals surface area contributed by atoms with Crippen molar-refractivity contribution in [2.45, 2.75) is 56.0 Å². The van der Waals surface area contributed by atoms with E-state index >= 15 is 0 Å². The molecule has 0 aliphatic carbocycles. The van der Waals surface area contributed by atoms with Crippen LogP contribution in [0.4, 0.5) is 0 Å². The number of nitrogens with zero attached hydrogens (tertiary/aromatic N) is 3. The number of hydrogen-bond donors (Lipinski definition) is 1. The van der Waals surface area contributed by atoms with Gasteiger partial charge in [-0.25, -0.2) is 0 Å². The van der Waals surface area contributed by atoms with Gasteiger partial charge in [0.1, 0.15) is 11.0 Å². The summed E-state index contributed by atoms with van der Waals surface area (Å²) in [6.45, 7) is 6.23. The highest BCUT2D eigenvalue weighted by atomic mass is 32.2. The first-order chi connectivity index (χ1) is 8.62. The summed E-state index contributed by atoms with van der Waals surface area (Å²) in [5, 5.41) is 20.6. The zero-order chi connectivity index (χ0) is 13.4. The summed E-state index contributed by atoms with van der Waals surface area (Å²) in [5.41, 5.74) is 1.37. The third kappa shape index (κ3) is 4.92. The highest BCUT2D eigenvalue weighted by Gasteiger charge is 2.27. The molecule has 1 N–H and O–H groups in total. The fraction of sp³-hybridized carbons (Fsp3) is 0.750. The molecule has 0 aliphatic heterocycles. The molecular formula is C12H20N4S2. The van der Waals surface area contributed by atoms with E-state index in [2.05, 4.69) is 42.4 Å². The Kier molecular flexibility index (Phi) is 6.61. The zero-order valence-electron chi connectivity index (χ0n) is 11.1. The lowest BCUT2D eigenvalue weighted by molar-refractivity contribution is 0.341. The van der Waals surface area contributed by atoms with Crippen molar-refractivity contribution in [3.8, 4) is 6.07 Å². The summed E-state index contributed by atoms with van der Waals surface area (Å²) in [5.74, 6) is 0.985.